The van der Waals surface area contributed by atoms with Gasteiger partial charge in [0.15, 0.2) is 0 Å². The van der Waals surface area contributed by atoms with Gasteiger partial charge in [-0.15, -0.1) is 0 Å². The molecule has 1 unspecified atom stereocenters. The standard InChI is InChI=1S/C13H14N2O2/c16-10-5-7-15(8-10)13(17)11-3-1-2-9-4-6-14-12(9)11/h1-4,6,10,14,16H,5,7-8H2. The molecule has 1 saturated heterocycles. The van der Waals surface area contributed by atoms with E-state index in [1.165, 1.54) is 0 Å². The molecule has 1 aliphatic rings. The third kappa shape index (κ3) is 1.70. The minimum absolute atomic E-state index is 0.00500. The van der Waals surface area contributed by atoms with Crippen LogP contribution >= 0.6 is 0 Å². The Morgan fingerprint density at radius 2 is 2.29 bits per heavy atom. The van der Waals surface area contributed by atoms with Gasteiger partial charge in [-0.25, -0.2) is 0 Å². The van der Waals surface area contributed by atoms with E-state index in [1.807, 2.05) is 30.5 Å². The van der Waals surface area contributed by atoms with Crippen LogP contribution in [0.2, 0.25) is 0 Å². The third-order valence-corrected chi connectivity index (χ3v) is 3.27. The second-order valence-electron chi connectivity index (χ2n) is 4.44. The summed E-state index contributed by atoms with van der Waals surface area (Å²) in [5, 5.41) is 10.5. The molecule has 1 fully saturated rings. The van der Waals surface area contributed by atoms with Crippen LogP contribution in [-0.2, 0) is 0 Å². The van der Waals surface area contributed by atoms with Crippen LogP contribution in [0, 0.1) is 0 Å². The number of amides is 1. The van der Waals surface area contributed by atoms with Gasteiger partial charge in [-0.1, -0.05) is 12.1 Å². The molecule has 1 aromatic carbocycles. The number of aromatic amines is 1. The molecule has 0 spiro atoms. The molecule has 0 saturated carbocycles. The summed E-state index contributed by atoms with van der Waals surface area (Å²) in [6.45, 7) is 1.08. The number of carbonyl (C=O) groups excluding carboxylic acids is 1. The number of aliphatic hydroxyl groups excluding tert-OH is 1. The second-order valence-corrected chi connectivity index (χ2v) is 4.44. The molecule has 17 heavy (non-hydrogen) atoms. The van der Waals surface area contributed by atoms with E-state index in [0.717, 1.165) is 10.9 Å². The lowest BCUT2D eigenvalue weighted by atomic mass is 10.1. The molecule has 0 bridgehead atoms. The van der Waals surface area contributed by atoms with Crippen molar-refractivity contribution in [2.75, 3.05) is 13.1 Å². The normalized spacial score (nSPS) is 20.1. The van der Waals surface area contributed by atoms with Crippen LogP contribution in [0.4, 0.5) is 0 Å². The lowest BCUT2D eigenvalue weighted by molar-refractivity contribution is 0.0766. The second kappa shape index (κ2) is 3.89. The predicted octanol–water partition coefficient (Wildman–Crippen LogP) is 1.37. The number of rotatable bonds is 1. The van der Waals surface area contributed by atoms with E-state index in [0.29, 0.717) is 25.1 Å². The number of fused-ring (bicyclic) bond motifs is 1. The van der Waals surface area contributed by atoms with E-state index >= 15 is 0 Å². The molecule has 2 heterocycles. The molecule has 1 atom stereocenters. The Morgan fingerprint density at radius 1 is 1.41 bits per heavy atom. The van der Waals surface area contributed by atoms with Crippen LogP contribution in [0.3, 0.4) is 0 Å². The summed E-state index contributed by atoms with van der Waals surface area (Å²) in [7, 11) is 0. The largest absolute Gasteiger partial charge is 0.391 e. The van der Waals surface area contributed by atoms with Crippen LogP contribution in [0.1, 0.15) is 16.8 Å². The van der Waals surface area contributed by atoms with E-state index in [-0.39, 0.29) is 12.0 Å². The van der Waals surface area contributed by atoms with Crippen LogP contribution in [0.5, 0.6) is 0 Å². The van der Waals surface area contributed by atoms with Gasteiger partial charge < -0.3 is 15.0 Å². The van der Waals surface area contributed by atoms with Gasteiger partial charge in [-0.2, -0.15) is 0 Å². The first-order valence-electron chi connectivity index (χ1n) is 5.79. The van der Waals surface area contributed by atoms with Gasteiger partial charge in [0, 0.05) is 24.7 Å². The Hall–Kier alpha value is -1.81. The zero-order chi connectivity index (χ0) is 11.8. The summed E-state index contributed by atoms with van der Waals surface area (Å²) < 4.78 is 0. The van der Waals surface area contributed by atoms with E-state index in [9.17, 15) is 9.90 Å². The van der Waals surface area contributed by atoms with Crippen molar-refractivity contribution in [2.24, 2.45) is 0 Å². The number of β-amino-alcohol motifs (C(OH)–C–C–N with tert-alkyl or cyclic N) is 1. The molecule has 0 radical (unpaired) electrons. The molecule has 1 aliphatic heterocycles. The highest BCUT2D eigenvalue weighted by Gasteiger charge is 2.26. The topological polar surface area (TPSA) is 56.3 Å². The zero-order valence-electron chi connectivity index (χ0n) is 9.39. The maximum atomic E-state index is 12.3. The Labute approximate surface area is 98.9 Å². The number of hydrogen-bond acceptors (Lipinski definition) is 2. The summed E-state index contributed by atoms with van der Waals surface area (Å²) in [5.74, 6) is -0.00500. The van der Waals surface area contributed by atoms with E-state index in [2.05, 4.69) is 4.98 Å². The molecule has 1 amide bonds. The van der Waals surface area contributed by atoms with Gasteiger partial charge in [0.25, 0.3) is 5.91 Å². The van der Waals surface area contributed by atoms with E-state index < -0.39 is 0 Å². The molecule has 3 rings (SSSR count). The number of nitrogens with one attached hydrogen (secondary N) is 1. The minimum atomic E-state index is -0.373. The van der Waals surface area contributed by atoms with Gasteiger partial charge in [-0.3, -0.25) is 4.79 Å². The number of H-pyrrole nitrogens is 1. The van der Waals surface area contributed by atoms with Crippen molar-refractivity contribution in [1.29, 1.82) is 0 Å². The SMILES string of the molecule is O=C(c1cccc2cc[nH]c12)N1CCC(O)C1. The highest BCUT2D eigenvalue weighted by Crippen LogP contribution is 2.20. The molecule has 4 nitrogen and oxygen atoms in total. The van der Waals surface area contributed by atoms with Crippen molar-refractivity contribution in [3.05, 3.63) is 36.0 Å². The maximum Gasteiger partial charge on any atom is 0.256 e. The zero-order valence-corrected chi connectivity index (χ0v) is 9.39. The fourth-order valence-electron chi connectivity index (χ4n) is 2.36. The fraction of sp³-hybridized carbons (Fsp3) is 0.308. The molecule has 4 heteroatoms. The number of likely N-dealkylation sites (tertiary alicyclic amines) is 1. The summed E-state index contributed by atoms with van der Waals surface area (Å²) in [5.41, 5.74) is 1.56. The van der Waals surface area contributed by atoms with Crippen molar-refractivity contribution < 1.29 is 9.90 Å². The van der Waals surface area contributed by atoms with Crippen LogP contribution in [0.15, 0.2) is 30.5 Å². The first-order chi connectivity index (χ1) is 8.25. The Balaban J connectivity index is 1.98. The Kier molecular flexibility index (Phi) is 2.37. The summed E-state index contributed by atoms with van der Waals surface area (Å²) in [4.78, 5) is 17.1. The van der Waals surface area contributed by atoms with Crippen molar-refractivity contribution in [3.8, 4) is 0 Å². The highest BCUT2D eigenvalue weighted by atomic mass is 16.3. The number of benzene rings is 1. The number of hydrogen-bond donors (Lipinski definition) is 2. The molecule has 2 aromatic rings. The van der Waals surface area contributed by atoms with Gasteiger partial charge in [0.2, 0.25) is 0 Å². The summed E-state index contributed by atoms with van der Waals surface area (Å²) in [6, 6.07) is 7.63. The number of para-hydroxylation sites is 1. The van der Waals surface area contributed by atoms with Crippen LogP contribution < -0.4 is 0 Å². The quantitative estimate of drug-likeness (QED) is 0.777. The van der Waals surface area contributed by atoms with Gasteiger partial charge in [0.1, 0.15) is 0 Å². The average Bonchev–Trinajstić information content (AvgIpc) is 2.95. The van der Waals surface area contributed by atoms with Crippen LogP contribution in [-0.4, -0.2) is 40.1 Å². The van der Waals surface area contributed by atoms with Gasteiger partial charge in [0.05, 0.1) is 17.2 Å². The van der Waals surface area contributed by atoms with Crippen LogP contribution in [0.25, 0.3) is 10.9 Å². The molecular formula is C13H14N2O2. The maximum absolute atomic E-state index is 12.3. The molecular weight excluding hydrogens is 216 g/mol. The molecule has 2 N–H and O–H groups in total. The molecule has 0 aliphatic carbocycles. The Bertz CT molecular complexity index is 561. The number of nitrogens with zero attached hydrogens (tertiary/aromatic N) is 1. The average molecular weight is 230 g/mol. The number of aromatic nitrogens is 1. The highest BCUT2D eigenvalue weighted by molar-refractivity contribution is 6.05. The minimum Gasteiger partial charge on any atom is -0.391 e. The summed E-state index contributed by atoms with van der Waals surface area (Å²) >= 11 is 0. The molecule has 1 aromatic heterocycles. The smallest absolute Gasteiger partial charge is 0.256 e. The Morgan fingerprint density at radius 3 is 3.06 bits per heavy atom. The molecule has 88 valence electrons. The first-order valence-corrected chi connectivity index (χ1v) is 5.79. The number of carbonyl (C=O) groups is 1. The van der Waals surface area contributed by atoms with Crippen molar-refractivity contribution in [3.63, 3.8) is 0 Å². The summed E-state index contributed by atoms with van der Waals surface area (Å²) in [6.07, 6.45) is 2.13. The van der Waals surface area contributed by atoms with Gasteiger partial charge >= 0.3 is 0 Å². The van der Waals surface area contributed by atoms with Crippen molar-refractivity contribution >= 4 is 16.8 Å². The predicted molar refractivity (Wildman–Crippen MR) is 64.8 cm³/mol. The van der Waals surface area contributed by atoms with Gasteiger partial charge in [-0.05, 0) is 18.6 Å². The van der Waals surface area contributed by atoms with E-state index in [4.69, 9.17) is 0 Å². The lowest BCUT2D eigenvalue weighted by Gasteiger charge is -2.15. The van der Waals surface area contributed by atoms with Crippen molar-refractivity contribution in [1.82, 2.24) is 9.88 Å². The van der Waals surface area contributed by atoms with E-state index in [1.54, 1.807) is 4.90 Å². The van der Waals surface area contributed by atoms with Crippen molar-refractivity contribution in [2.45, 2.75) is 12.5 Å². The first kappa shape index (κ1) is 10.4. The fourth-order valence-corrected chi connectivity index (χ4v) is 2.36. The third-order valence-electron chi connectivity index (χ3n) is 3.27. The lowest BCUT2D eigenvalue weighted by Crippen LogP contribution is -2.29. The monoisotopic (exact) mass is 230 g/mol. The number of aliphatic hydroxyl groups is 1.